The maximum Gasteiger partial charge on any atom is 0.115 e. The van der Waals surface area contributed by atoms with Crippen molar-refractivity contribution in [2.24, 2.45) is 5.41 Å². The molecule has 0 spiro atoms. The van der Waals surface area contributed by atoms with Crippen molar-refractivity contribution >= 4 is 11.3 Å². The zero-order valence-electron chi connectivity index (χ0n) is 9.08. The molecule has 1 aliphatic rings. The van der Waals surface area contributed by atoms with Gasteiger partial charge in [-0.25, -0.2) is 0 Å². The van der Waals surface area contributed by atoms with Gasteiger partial charge in [0.25, 0.3) is 0 Å². The van der Waals surface area contributed by atoms with Crippen LogP contribution in [-0.4, -0.2) is 5.11 Å². The van der Waals surface area contributed by atoms with Crippen LogP contribution in [0.15, 0.2) is 11.4 Å². The monoisotopic (exact) mass is 221 g/mol. The highest BCUT2D eigenvalue weighted by Crippen LogP contribution is 2.54. The van der Waals surface area contributed by atoms with E-state index in [0.717, 1.165) is 29.7 Å². The first-order valence-electron chi connectivity index (χ1n) is 5.22. The topological polar surface area (TPSA) is 44.0 Å². The minimum absolute atomic E-state index is 0.553. The average molecular weight is 221 g/mol. The first-order chi connectivity index (χ1) is 7.03. The van der Waals surface area contributed by atoms with Gasteiger partial charge in [0.1, 0.15) is 5.60 Å². The predicted octanol–water partition coefficient (Wildman–Crippen LogP) is 2.96. The first kappa shape index (κ1) is 10.7. The number of aryl methyl sites for hydroxylation is 1. The zero-order chi connectivity index (χ0) is 11.1. The van der Waals surface area contributed by atoms with Gasteiger partial charge in [0, 0.05) is 4.88 Å². The number of nitriles is 1. The summed E-state index contributed by atoms with van der Waals surface area (Å²) in [6.07, 6.45) is 2.68. The van der Waals surface area contributed by atoms with Gasteiger partial charge in [0.2, 0.25) is 0 Å². The number of nitrogens with zero attached hydrogens (tertiary/aromatic N) is 1. The summed E-state index contributed by atoms with van der Waals surface area (Å²) in [5.74, 6) is 0. The molecule has 2 nitrogen and oxygen atoms in total. The molecule has 0 aliphatic heterocycles. The van der Waals surface area contributed by atoms with Crippen LogP contribution in [0.4, 0.5) is 0 Å². The number of rotatable bonds is 2. The minimum Gasteiger partial charge on any atom is -0.383 e. The van der Waals surface area contributed by atoms with Crippen molar-refractivity contribution in [2.75, 3.05) is 0 Å². The van der Waals surface area contributed by atoms with Crippen LogP contribution in [0.5, 0.6) is 0 Å². The van der Waals surface area contributed by atoms with Crippen molar-refractivity contribution in [3.8, 4) is 6.07 Å². The molecule has 0 radical (unpaired) electrons. The summed E-state index contributed by atoms with van der Waals surface area (Å²) in [5, 5.41) is 21.8. The summed E-state index contributed by atoms with van der Waals surface area (Å²) in [5.41, 5.74) is -0.451. The number of aliphatic hydroxyl groups is 1. The molecule has 1 aromatic heterocycles. The molecule has 0 saturated heterocycles. The molecule has 15 heavy (non-hydrogen) atoms. The van der Waals surface area contributed by atoms with Crippen molar-refractivity contribution in [3.05, 3.63) is 21.9 Å². The second kappa shape index (κ2) is 3.33. The molecular weight excluding hydrogens is 206 g/mol. The second-order valence-electron chi connectivity index (χ2n) is 4.55. The molecule has 1 saturated carbocycles. The summed E-state index contributed by atoms with van der Waals surface area (Å²) in [4.78, 5) is 0.948. The quantitative estimate of drug-likeness (QED) is 0.834. The number of hydrogen-bond donors (Lipinski definition) is 1. The van der Waals surface area contributed by atoms with Gasteiger partial charge in [-0.05, 0) is 43.7 Å². The Morgan fingerprint density at radius 2 is 2.27 bits per heavy atom. The largest absolute Gasteiger partial charge is 0.383 e. The van der Waals surface area contributed by atoms with Gasteiger partial charge in [-0.1, -0.05) is 6.42 Å². The van der Waals surface area contributed by atoms with Gasteiger partial charge in [0.05, 0.1) is 11.5 Å². The molecule has 1 unspecified atom stereocenters. The lowest BCUT2D eigenvalue weighted by molar-refractivity contribution is -0.0835. The molecular formula is C12H15NOS. The third-order valence-electron chi connectivity index (χ3n) is 3.66. The SMILES string of the molecule is Cc1ccsc1C(C)(O)C1(C#N)CCC1. The lowest BCUT2D eigenvalue weighted by atomic mass is 9.59. The van der Waals surface area contributed by atoms with E-state index in [1.165, 1.54) is 0 Å². The van der Waals surface area contributed by atoms with E-state index < -0.39 is 11.0 Å². The lowest BCUT2D eigenvalue weighted by Gasteiger charge is -2.46. The van der Waals surface area contributed by atoms with Crippen LogP contribution in [-0.2, 0) is 5.60 Å². The lowest BCUT2D eigenvalue weighted by Crippen LogP contribution is -2.47. The van der Waals surface area contributed by atoms with Crippen molar-refractivity contribution in [3.63, 3.8) is 0 Å². The fourth-order valence-electron chi connectivity index (χ4n) is 2.33. The van der Waals surface area contributed by atoms with Crippen LogP contribution in [0.2, 0.25) is 0 Å². The van der Waals surface area contributed by atoms with Crippen LogP contribution in [0.3, 0.4) is 0 Å². The Labute approximate surface area is 94.2 Å². The van der Waals surface area contributed by atoms with Crippen molar-refractivity contribution in [1.82, 2.24) is 0 Å². The van der Waals surface area contributed by atoms with Crippen LogP contribution in [0.1, 0.15) is 36.6 Å². The van der Waals surface area contributed by atoms with Gasteiger partial charge in [-0.15, -0.1) is 11.3 Å². The van der Waals surface area contributed by atoms with E-state index in [4.69, 9.17) is 0 Å². The summed E-state index contributed by atoms with van der Waals surface area (Å²) >= 11 is 1.55. The van der Waals surface area contributed by atoms with Gasteiger partial charge >= 0.3 is 0 Å². The van der Waals surface area contributed by atoms with Crippen molar-refractivity contribution in [2.45, 2.75) is 38.7 Å². The van der Waals surface area contributed by atoms with E-state index >= 15 is 0 Å². The summed E-state index contributed by atoms with van der Waals surface area (Å²) in [6.45, 7) is 3.78. The Morgan fingerprint density at radius 3 is 2.60 bits per heavy atom. The Bertz CT molecular complexity index is 410. The van der Waals surface area contributed by atoms with Gasteiger partial charge in [0.15, 0.2) is 0 Å². The molecule has 2 rings (SSSR count). The van der Waals surface area contributed by atoms with E-state index in [-0.39, 0.29) is 0 Å². The molecule has 1 aliphatic carbocycles. The highest BCUT2D eigenvalue weighted by atomic mass is 32.1. The first-order valence-corrected chi connectivity index (χ1v) is 6.10. The summed E-state index contributed by atoms with van der Waals surface area (Å²) in [7, 11) is 0. The fourth-order valence-corrected chi connectivity index (χ4v) is 3.41. The number of thiophene rings is 1. The third-order valence-corrected chi connectivity index (χ3v) is 4.88. The highest BCUT2D eigenvalue weighted by Gasteiger charge is 2.53. The summed E-state index contributed by atoms with van der Waals surface area (Å²) in [6, 6.07) is 4.33. The standard InChI is InChI=1S/C12H15NOS/c1-9-4-7-15-10(9)11(2,14)12(8-13)5-3-6-12/h4,7,14H,3,5-6H2,1-2H3. The Hall–Kier alpha value is -0.850. The third kappa shape index (κ3) is 1.32. The predicted molar refractivity (Wildman–Crippen MR) is 60.5 cm³/mol. The van der Waals surface area contributed by atoms with E-state index in [2.05, 4.69) is 6.07 Å². The molecule has 0 amide bonds. The smallest absolute Gasteiger partial charge is 0.115 e. The molecule has 1 aromatic rings. The molecule has 1 atom stereocenters. The Kier molecular flexibility index (Phi) is 2.37. The maximum atomic E-state index is 10.6. The van der Waals surface area contributed by atoms with E-state index in [1.807, 2.05) is 18.4 Å². The van der Waals surface area contributed by atoms with Crippen LogP contribution < -0.4 is 0 Å². The maximum absolute atomic E-state index is 10.6. The Morgan fingerprint density at radius 1 is 1.60 bits per heavy atom. The average Bonchev–Trinajstić information content (AvgIpc) is 2.50. The number of hydrogen-bond acceptors (Lipinski definition) is 3. The Balaban J connectivity index is 2.43. The molecule has 0 bridgehead atoms. The molecule has 80 valence electrons. The van der Waals surface area contributed by atoms with E-state index in [0.29, 0.717) is 0 Å². The molecule has 1 fully saturated rings. The van der Waals surface area contributed by atoms with Crippen molar-refractivity contribution in [1.29, 1.82) is 5.26 Å². The molecule has 1 N–H and O–H groups in total. The van der Waals surface area contributed by atoms with E-state index in [9.17, 15) is 10.4 Å². The second-order valence-corrected chi connectivity index (χ2v) is 5.47. The van der Waals surface area contributed by atoms with Gasteiger partial charge in [-0.2, -0.15) is 5.26 Å². The summed E-state index contributed by atoms with van der Waals surface area (Å²) < 4.78 is 0. The van der Waals surface area contributed by atoms with Crippen LogP contribution in [0.25, 0.3) is 0 Å². The molecule has 0 aromatic carbocycles. The van der Waals surface area contributed by atoms with Crippen LogP contribution in [0, 0.1) is 23.7 Å². The fraction of sp³-hybridized carbons (Fsp3) is 0.583. The minimum atomic E-state index is -0.988. The molecule has 3 heteroatoms. The van der Waals surface area contributed by atoms with Crippen LogP contribution >= 0.6 is 11.3 Å². The van der Waals surface area contributed by atoms with Gasteiger partial charge in [-0.3, -0.25) is 0 Å². The molecule has 1 heterocycles. The van der Waals surface area contributed by atoms with E-state index in [1.54, 1.807) is 18.3 Å². The normalized spacial score (nSPS) is 22.5. The van der Waals surface area contributed by atoms with Crippen molar-refractivity contribution < 1.29 is 5.11 Å². The van der Waals surface area contributed by atoms with Gasteiger partial charge < -0.3 is 5.11 Å². The zero-order valence-corrected chi connectivity index (χ0v) is 9.90. The highest BCUT2D eigenvalue weighted by molar-refractivity contribution is 7.10.